The highest BCUT2D eigenvalue weighted by atomic mass is 16.2. The van der Waals surface area contributed by atoms with Crippen molar-refractivity contribution in [2.24, 2.45) is 11.8 Å². The summed E-state index contributed by atoms with van der Waals surface area (Å²) in [6.45, 7) is 2.96. The Morgan fingerprint density at radius 1 is 1.00 bits per heavy atom. The lowest BCUT2D eigenvalue weighted by atomic mass is 9.88. The molecule has 1 aliphatic carbocycles. The lowest BCUT2D eigenvalue weighted by Gasteiger charge is -2.34. The Balaban J connectivity index is 1.33. The first-order valence-corrected chi connectivity index (χ1v) is 10.1. The van der Waals surface area contributed by atoms with Crippen molar-refractivity contribution in [3.63, 3.8) is 0 Å². The van der Waals surface area contributed by atoms with E-state index in [9.17, 15) is 9.59 Å². The van der Waals surface area contributed by atoms with Crippen LogP contribution in [0.5, 0.6) is 0 Å². The molecule has 0 bridgehead atoms. The number of likely N-dealkylation sites (tertiary alicyclic amines) is 2. The van der Waals surface area contributed by atoms with Gasteiger partial charge in [-0.15, -0.1) is 0 Å². The van der Waals surface area contributed by atoms with Crippen molar-refractivity contribution in [1.29, 1.82) is 0 Å². The summed E-state index contributed by atoms with van der Waals surface area (Å²) >= 11 is 0. The minimum atomic E-state index is 0.0772. The lowest BCUT2D eigenvalue weighted by Crippen LogP contribution is -2.45. The van der Waals surface area contributed by atoms with E-state index in [1.165, 1.54) is 24.8 Å². The van der Waals surface area contributed by atoms with Gasteiger partial charge in [-0.3, -0.25) is 4.79 Å². The number of nitrogens with one attached hydrogen (secondary N) is 1. The van der Waals surface area contributed by atoms with Crippen molar-refractivity contribution in [2.75, 3.05) is 19.6 Å². The van der Waals surface area contributed by atoms with E-state index < -0.39 is 0 Å². The average molecular weight is 355 g/mol. The molecule has 3 aliphatic rings. The summed E-state index contributed by atoms with van der Waals surface area (Å²) in [5, 5.41) is 3.22. The first-order valence-electron chi connectivity index (χ1n) is 10.1. The maximum atomic E-state index is 12.6. The average Bonchev–Trinajstić information content (AvgIpc) is 3.07. The van der Waals surface area contributed by atoms with Crippen LogP contribution in [-0.2, 0) is 11.3 Å². The zero-order chi connectivity index (χ0) is 17.9. The fraction of sp³-hybridized carbons (Fsp3) is 0.619. The molecule has 2 atom stereocenters. The fourth-order valence-electron chi connectivity index (χ4n) is 4.75. The lowest BCUT2D eigenvalue weighted by molar-refractivity contribution is -0.136. The van der Waals surface area contributed by atoms with Gasteiger partial charge in [0.15, 0.2) is 0 Å². The first-order chi connectivity index (χ1) is 12.7. The summed E-state index contributed by atoms with van der Waals surface area (Å²) < 4.78 is 0. The zero-order valence-electron chi connectivity index (χ0n) is 15.4. The van der Waals surface area contributed by atoms with Crippen LogP contribution in [-0.4, -0.2) is 47.4 Å². The smallest absolute Gasteiger partial charge is 0.317 e. The molecule has 3 fully saturated rings. The van der Waals surface area contributed by atoms with Gasteiger partial charge in [0.2, 0.25) is 5.91 Å². The minimum absolute atomic E-state index is 0.0772. The molecule has 5 heteroatoms. The van der Waals surface area contributed by atoms with Crippen molar-refractivity contribution in [3.05, 3.63) is 35.9 Å². The Labute approximate surface area is 155 Å². The number of urea groups is 1. The topological polar surface area (TPSA) is 52.7 Å². The SMILES string of the molecule is O=C1C[C@H]2CN(C(=O)NC3CCCCC3)C[C@H]2CN1Cc1ccccc1. The van der Waals surface area contributed by atoms with Crippen LogP contribution in [0, 0.1) is 11.8 Å². The molecule has 2 aliphatic heterocycles. The summed E-state index contributed by atoms with van der Waals surface area (Å²) in [5.74, 6) is 0.963. The second-order valence-corrected chi connectivity index (χ2v) is 8.17. The minimum Gasteiger partial charge on any atom is -0.338 e. The third-order valence-electron chi connectivity index (χ3n) is 6.26. The molecule has 140 valence electrons. The van der Waals surface area contributed by atoms with Gasteiger partial charge >= 0.3 is 6.03 Å². The molecule has 26 heavy (non-hydrogen) atoms. The highest BCUT2D eigenvalue weighted by Gasteiger charge is 2.42. The van der Waals surface area contributed by atoms with E-state index in [1.807, 2.05) is 28.0 Å². The number of hydrogen-bond donors (Lipinski definition) is 1. The number of hydrogen-bond acceptors (Lipinski definition) is 2. The van der Waals surface area contributed by atoms with E-state index in [0.717, 1.165) is 32.5 Å². The van der Waals surface area contributed by atoms with E-state index in [-0.39, 0.29) is 11.9 Å². The normalized spacial score (nSPS) is 26.7. The molecule has 1 aromatic carbocycles. The van der Waals surface area contributed by atoms with Crippen molar-refractivity contribution in [3.8, 4) is 0 Å². The molecule has 1 aromatic rings. The van der Waals surface area contributed by atoms with Crippen LogP contribution in [0.4, 0.5) is 4.79 Å². The van der Waals surface area contributed by atoms with E-state index in [4.69, 9.17) is 0 Å². The number of amides is 3. The van der Waals surface area contributed by atoms with Crippen LogP contribution in [0.2, 0.25) is 0 Å². The predicted molar refractivity (Wildman–Crippen MR) is 100 cm³/mol. The van der Waals surface area contributed by atoms with Crippen LogP contribution in [0.15, 0.2) is 30.3 Å². The quantitative estimate of drug-likeness (QED) is 0.906. The molecule has 0 aromatic heterocycles. The van der Waals surface area contributed by atoms with Crippen molar-refractivity contribution in [1.82, 2.24) is 15.1 Å². The molecule has 0 unspecified atom stereocenters. The van der Waals surface area contributed by atoms with Gasteiger partial charge in [-0.25, -0.2) is 4.79 Å². The molecular formula is C21H29N3O2. The maximum Gasteiger partial charge on any atom is 0.317 e. The molecular weight excluding hydrogens is 326 g/mol. The summed E-state index contributed by atoms with van der Waals surface area (Å²) in [6.07, 6.45) is 6.52. The van der Waals surface area contributed by atoms with Crippen molar-refractivity contribution >= 4 is 11.9 Å². The molecule has 0 radical (unpaired) electrons. The van der Waals surface area contributed by atoms with Crippen molar-refractivity contribution < 1.29 is 9.59 Å². The fourth-order valence-corrected chi connectivity index (χ4v) is 4.75. The van der Waals surface area contributed by atoms with Gasteiger partial charge < -0.3 is 15.1 Å². The molecule has 0 spiro atoms. The largest absolute Gasteiger partial charge is 0.338 e. The van der Waals surface area contributed by atoms with Crippen LogP contribution >= 0.6 is 0 Å². The van der Waals surface area contributed by atoms with Crippen LogP contribution in [0.1, 0.15) is 44.1 Å². The Hall–Kier alpha value is -2.04. The molecule has 1 saturated carbocycles. The summed E-state index contributed by atoms with van der Waals surface area (Å²) in [6, 6.07) is 10.6. The highest BCUT2D eigenvalue weighted by Crippen LogP contribution is 2.32. The monoisotopic (exact) mass is 355 g/mol. The Morgan fingerprint density at radius 3 is 2.50 bits per heavy atom. The van der Waals surface area contributed by atoms with E-state index in [0.29, 0.717) is 30.8 Å². The molecule has 2 saturated heterocycles. The van der Waals surface area contributed by atoms with Gasteiger partial charge in [0.1, 0.15) is 0 Å². The Kier molecular flexibility index (Phi) is 5.14. The van der Waals surface area contributed by atoms with Gasteiger partial charge in [-0.1, -0.05) is 49.6 Å². The maximum absolute atomic E-state index is 12.6. The number of benzene rings is 1. The molecule has 3 amide bonds. The summed E-state index contributed by atoms with van der Waals surface area (Å²) in [5.41, 5.74) is 1.17. The number of piperidine rings is 1. The number of carbonyl (C=O) groups is 2. The van der Waals surface area contributed by atoms with Gasteiger partial charge in [0, 0.05) is 38.6 Å². The third-order valence-corrected chi connectivity index (χ3v) is 6.26. The van der Waals surface area contributed by atoms with Gasteiger partial charge in [-0.2, -0.15) is 0 Å². The molecule has 5 nitrogen and oxygen atoms in total. The molecule has 2 heterocycles. The zero-order valence-corrected chi connectivity index (χ0v) is 15.4. The second-order valence-electron chi connectivity index (χ2n) is 8.17. The third kappa shape index (κ3) is 3.87. The predicted octanol–water partition coefficient (Wildman–Crippen LogP) is 3.01. The van der Waals surface area contributed by atoms with Crippen LogP contribution in [0.3, 0.4) is 0 Å². The van der Waals surface area contributed by atoms with Gasteiger partial charge in [0.05, 0.1) is 0 Å². The Morgan fingerprint density at radius 2 is 1.73 bits per heavy atom. The van der Waals surface area contributed by atoms with Gasteiger partial charge in [0.25, 0.3) is 0 Å². The Bertz CT molecular complexity index is 642. The molecule has 4 rings (SSSR count). The van der Waals surface area contributed by atoms with Crippen molar-refractivity contribution in [2.45, 2.75) is 51.1 Å². The number of fused-ring (bicyclic) bond motifs is 1. The summed E-state index contributed by atoms with van der Waals surface area (Å²) in [7, 11) is 0. The van der Waals surface area contributed by atoms with E-state index in [2.05, 4.69) is 17.4 Å². The van der Waals surface area contributed by atoms with Crippen LogP contribution < -0.4 is 5.32 Å². The second kappa shape index (κ2) is 7.68. The number of carbonyl (C=O) groups excluding carboxylic acids is 2. The van der Waals surface area contributed by atoms with Crippen LogP contribution in [0.25, 0.3) is 0 Å². The highest BCUT2D eigenvalue weighted by molar-refractivity contribution is 5.78. The number of rotatable bonds is 3. The molecule has 1 N–H and O–H groups in total. The summed E-state index contributed by atoms with van der Waals surface area (Å²) in [4.78, 5) is 29.1. The van der Waals surface area contributed by atoms with E-state index in [1.54, 1.807) is 0 Å². The van der Waals surface area contributed by atoms with Gasteiger partial charge in [-0.05, 0) is 30.2 Å². The van der Waals surface area contributed by atoms with E-state index >= 15 is 0 Å². The standard InChI is InChI=1S/C21H29N3O2/c25-20-11-17-13-24(21(26)22-19-9-5-2-6-10-19)15-18(17)14-23(20)12-16-7-3-1-4-8-16/h1,3-4,7-8,17-19H,2,5-6,9-15H2,(H,22,26)/t17-,18+/m0/s1. The first kappa shape index (κ1) is 17.4. The number of nitrogens with zero attached hydrogens (tertiary/aromatic N) is 2.